The van der Waals surface area contributed by atoms with Gasteiger partial charge in [-0.15, -0.1) is 0 Å². The topological polar surface area (TPSA) is 21.8 Å². The minimum atomic E-state index is 0.0165. The summed E-state index contributed by atoms with van der Waals surface area (Å²) >= 11 is 0. The van der Waals surface area contributed by atoms with Gasteiger partial charge in [0.1, 0.15) is 0 Å². The first kappa shape index (κ1) is 19.5. The van der Waals surface area contributed by atoms with Crippen molar-refractivity contribution in [2.24, 2.45) is 11.8 Å². The minimum Gasteiger partial charge on any atom is -0.384 e. The quantitative estimate of drug-likeness (QED) is 0.478. The standard InChI is InChI=1S/C22H36O2/c1-16(2)19-13-12-18(4)10-7-9-17(3)11-8-14-22(5)21(24-22)20(19)15-23-6/h10-11,19-21H,1,7-9,12-15H2,2-6H3/b17-11+,18-10+/t19?,20-,21+,22+/m0/s1. The second kappa shape index (κ2) is 8.49. The van der Waals surface area contributed by atoms with E-state index in [-0.39, 0.29) is 5.60 Å². The molecule has 0 aromatic rings. The van der Waals surface area contributed by atoms with Gasteiger partial charge in [0.25, 0.3) is 0 Å². The normalized spacial score (nSPS) is 39.6. The highest BCUT2D eigenvalue weighted by Gasteiger charge is 2.56. The summed E-state index contributed by atoms with van der Waals surface area (Å²) in [4.78, 5) is 0. The maximum atomic E-state index is 6.22. The van der Waals surface area contributed by atoms with Gasteiger partial charge < -0.3 is 9.47 Å². The van der Waals surface area contributed by atoms with Crippen molar-refractivity contribution < 1.29 is 9.47 Å². The summed E-state index contributed by atoms with van der Waals surface area (Å²) in [7, 11) is 1.80. The molecule has 0 spiro atoms. The summed E-state index contributed by atoms with van der Waals surface area (Å²) in [5, 5.41) is 0. The molecule has 136 valence electrons. The molecule has 1 fully saturated rings. The Morgan fingerprint density at radius 3 is 2.58 bits per heavy atom. The van der Waals surface area contributed by atoms with Crippen molar-refractivity contribution in [1.29, 1.82) is 0 Å². The predicted octanol–water partition coefficient (Wildman–Crippen LogP) is 5.85. The molecule has 2 nitrogen and oxygen atoms in total. The SMILES string of the molecule is C=C(C)C1CC/C(C)=C/CC/C(C)=C/CC[C@@]2(C)O[C@@H]2[C@H]1COC. The van der Waals surface area contributed by atoms with Crippen molar-refractivity contribution in [3.8, 4) is 0 Å². The van der Waals surface area contributed by atoms with Crippen molar-refractivity contribution in [3.05, 3.63) is 35.5 Å². The number of hydrogen-bond donors (Lipinski definition) is 0. The molecule has 2 heteroatoms. The van der Waals surface area contributed by atoms with Crippen molar-refractivity contribution in [2.45, 2.75) is 77.9 Å². The highest BCUT2D eigenvalue weighted by Crippen LogP contribution is 2.49. The zero-order valence-corrected chi connectivity index (χ0v) is 16.4. The van der Waals surface area contributed by atoms with Gasteiger partial charge in [-0.25, -0.2) is 0 Å². The molecule has 2 aliphatic rings. The molecule has 1 heterocycles. The van der Waals surface area contributed by atoms with Crippen LogP contribution in [-0.4, -0.2) is 25.4 Å². The molecule has 1 aliphatic carbocycles. The Hall–Kier alpha value is -0.860. The second-order valence-electron chi connectivity index (χ2n) is 8.14. The zero-order chi connectivity index (χ0) is 17.7. The predicted molar refractivity (Wildman–Crippen MR) is 102 cm³/mol. The lowest BCUT2D eigenvalue weighted by molar-refractivity contribution is 0.106. The van der Waals surface area contributed by atoms with E-state index >= 15 is 0 Å². The minimum absolute atomic E-state index is 0.0165. The van der Waals surface area contributed by atoms with Crippen LogP contribution in [-0.2, 0) is 9.47 Å². The highest BCUT2D eigenvalue weighted by atomic mass is 16.6. The molecule has 0 saturated carbocycles. The number of hydrogen-bond acceptors (Lipinski definition) is 2. The smallest absolute Gasteiger partial charge is 0.0927 e. The maximum Gasteiger partial charge on any atom is 0.0927 e. The Labute approximate surface area is 149 Å². The van der Waals surface area contributed by atoms with E-state index < -0.39 is 0 Å². The fourth-order valence-corrected chi connectivity index (χ4v) is 4.17. The van der Waals surface area contributed by atoms with Gasteiger partial charge in [0.2, 0.25) is 0 Å². The summed E-state index contributed by atoms with van der Waals surface area (Å²) in [5.74, 6) is 0.888. The lowest BCUT2D eigenvalue weighted by Gasteiger charge is -2.27. The second-order valence-corrected chi connectivity index (χ2v) is 8.14. The lowest BCUT2D eigenvalue weighted by Crippen LogP contribution is -2.29. The van der Waals surface area contributed by atoms with Gasteiger partial charge >= 0.3 is 0 Å². The van der Waals surface area contributed by atoms with Gasteiger partial charge in [-0.2, -0.15) is 0 Å². The highest BCUT2D eigenvalue weighted by molar-refractivity contribution is 5.13. The molecule has 1 saturated heterocycles. The molecule has 1 aliphatic heterocycles. The van der Waals surface area contributed by atoms with Gasteiger partial charge in [0.05, 0.1) is 18.3 Å². The van der Waals surface area contributed by atoms with E-state index in [1.807, 2.05) is 0 Å². The molecular formula is C22H36O2. The van der Waals surface area contributed by atoms with Crippen LogP contribution in [0.25, 0.3) is 0 Å². The zero-order valence-electron chi connectivity index (χ0n) is 16.4. The van der Waals surface area contributed by atoms with E-state index in [0.717, 1.165) is 38.7 Å². The van der Waals surface area contributed by atoms with Crippen LogP contribution >= 0.6 is 0 Å². The molecule has 4 atom stereocenters. The van der Waals surface area contributed by atoms with Gasteiger partial charge in [-0.3, -0.25) is 0 Å². The van der Waals surface area contributed by atoms with Crippen molar-refractivity contribution >= 4 is 0 Å². The number of ether oxygens (including phenoxy) is 2. The Bertz CT molecular complexity index is 502. The summed E-state index contributed by atoms with van der Waals surface area (Å²) < 4.78 is 11.8. The first-order valence-electron chi connectivity index (χ1n) is 9.51. The number of epoxide rings is 1. The van der Waals surface area contributed by atoms with Crippen LogP contribution in [0.15, 0.2) is 35.5 Å². The fourth-order valence-electron chi connectivity index (χ4n) is 4.17. The molecule has 0 bridgehead atoms. The molecule has 1 unspecified atom stereocenters. The first-order valence-corrected chi connectivity index (χ1v) is 9.51. The summed E-state index contributed by atoms with van der Waals surface area (Å²) in [6.45, 7) is 14.0. The Kier molecular flexibility index (Phi) is 6.88. The lowest BCUT2D eigenvalue weighted by atomic mass is 9.78. The Morgan fingerprint density at radius 1 is 1.25 bits per heavy atom. The van der Waals surface area contributed by atoms with Crippen LogP contribution in [0.5, 0.6) is 0 Å². The van der Waals surface area contributed by atoms with Crippen LogP contribution in [0, 0.1) is 11.8 Å². The van der Waals surface area contributed by atoms with Crippen molar-refractivity contribution in [3.63, 3.8) is 0 Å². The molecule has 0 N–H and O–H groups in total. The number of methoxy groups -OCH3 is 1. The van der Waals surface area contributed by atoms with Gasteiger partial charge in [-0.1, -0.05) is 35.5 Å². The Balaban J connectivity index is 2.20. The van der Waals surface area contributed by atoms with Gasteiger partial charge in [0, 0.05) is 13.0 Å². The van der Waals surface area contributed by atoms with E-state index in [2.05, 4.69) is 46.4 Å². The number of allylic oxidation sites excluding steroid dienone is 5. The molecule has 24 heavy (non-hydrogen) atoms. The maximum absolute atomic E-state index is 6.22. The van der Waals surface area contributed by atoms with Gasteiger partial charge in [0.15, 0.2) is 0 Å². The molecule has 0 aromatic heterocycles. The molecular weight excluding hydrogens is 296 g/mol. The molecule has 0 radical (unpaired) electrons. The van der Waals surface area contributed by atoms with E-state index in [1.54, 1.807) is 7.11 Å². The largest absolute Gasteiger partial charge is 0.384 e. The monoisotopic (exact) mass is 332 g/mol. The average molecular weight is 333 g/mol. The van der Waals surface area contributed by atoms with Crippen LogP contribution in [0.1, 0.15) is 66.2 Å². The van der Waals surface area contributed by atoms with Crippen LogP contribution < -0.4 is 0 Å². The third kappa shape index (κ3) is 5.07. The van der Waals surface area contributed by atoms with E-state index in [4.69, 9.17) is 9.47 Å². The first-order chi connectivity index (χ1) is 11.4. The third-order valence-electron chi connectivity index (χ3n) is 5.85. The average Bonchev–Trinajstić information content (AvgIpc) is 3.16. The number of fused-ring (bicyclic) bond motifs is 1. The fraction of sp³-hybridized carbons (Fsp3) is 0.727. The molecule has 0 amide bonds. The van der Waals surface area contributed by atoms with E-state index in [1.165, 1.54) is 23.1 Å². The molecule has 2 rings (SSSR count). The van der Waals surface area contributed by atoms with Crippen LogP contribution in [0.2, 0.25) is 0 Å². The van der Waals surface area contributed by atoms with Crippen LogP contribution in [0.3, 0.4) is 0 Å². The summed E-state index contributed by atoms with van der Waals surface area (Å²) in [6, 6.07) is 0. The van der Waals surface area contributed by atoms with E-state index in [0.29, 0.717) is 17.9 Å². The summed E-state index contributed by atoms with van der Waals surface area (Å²) in [5.41, 5.74) is 4.29. The molecule has 0 aromatic carbocycles. The number of rotatable bonds is 3. The van der Waals surface area contributed by atoms with Crippen molar-refractivity contribution in [2.75, 3.05) is 13.7 Å². The summed E-state index contributed by atoms with van der Waals surface area (Å²) in [6.07, 6.45) is 12.0. The van der Waals surface area contributed by atoms with Crippen LogP contribution in [0.4, 0.5) is 0 Å². The van der Waals surface area contributed by atoms with Crippen molar-refractivity contribution in [1.82, 2.24) is 0 Å². The Morgan fingerprint density at radius 2 is 1.92 bits per heavy atom. The van der Waals surface area contributed by atoms with Gasteiger partial charge in [-0.05, 0) is 72.1 Å². The third-order valence-corrected chi connectivity index (χ3v) is 5.85. The van der Waals surface area contributed by atoms with E-state index in [9.17, 15) is 0 Å².